The van der Waals surface area contributed by atoms with Gasteiger partial charge in [0.2, 0.25) is 0 Å². The Kier molecular flexibility index (Phi) is 6.44. The minimum absolute atomic E-state index is 0.0678. The lowest BCUT2D eigenvalue weighted by Crippen LogP contribution is -2.35. The van der Waals surface area contributed by atoms with Gasteiger partial charge in [0.05, 0.1) is 18.3 Å². The van der Waals surface area contributed by atoms with E-state index >= 15 is 0 Å². The van der Waals surface area contributed by atoms with Crippen LogP contribution in [0.3, 0.4) is 0 Å². The molecule has 1 fully saturated rings. The fourth-order valence-corrected chi connectivity index (χ4v) is 3.07. The first-order valence-corrected chi connectivity index (χ1v) is 9.31. The Labute approximate surface area is 167 Å². The van der Waals surface area contributed by atoms with Crippen LogP contribution >= 0.6 is 0 Å². The van der Waals surface area contributed by atoms with Crippen molar-refractivity contribution in [2.45, 2.75) is 32.2 Å². The molecule has 2 aromatic rings. The SMILES string of the molecule is Cc1cccc(OC(C)C(=O)Nc2cc(C(F)(F)F)ccc2C2CNCCO2)c1. The number of benzene rings is 2. The number of morpholine rings is 1. The standard InChI is InChI=1S/C21H23F3N2O3/c1-13-4-3-5-16(10-13)29-14(2)20(27)26-18-11-15(21(22,23)24)6-7-17(18)19-12-25-8-9-28-19/h3-7,10-11,14,19,25H,8-9,12H2,1-2H3,(H,26,27). The summed E-state index contributed by atoms with van der Waals surface area (Å²) in [6.45, 7) is 4.99. The Morgan fingerprint density at radius 3 is 2.72 bits per heavy atom. The first kappa shape index (κ1) is 21.1. The van der Waals surface area contributed by atoms with Crippen LogP contribution in [0.4, 0.5) is 18.9 Å². The van der Waals surface area contributed by atoms with Crippen molar-refractivity contribution in [3.63, 3.8) is 0 Å². The minimum atomic E-state index is -4.52. The van der Waals surface area contributed by atoms with Crippen LogP contribution in [0.15, 0.2) is 42.5 Å². The lowest BCUT2D eigenvalue weighted by atomic mass is 10.0. The van der Waals surface area contributed by atoms with Crippen LogP contribution in [0, 0.1) is 6.92 Å². The highest BCUT2D eigenvalue weighted by atomic mass is 19.4. The van der Waals surface area contributed by atoms with E-state index < -0.39 is 29.9 Å². The highest BCUT2D eigenvalue weighted by Gasteiger charge is 2.32. The Morgan fingerprint density at radius 1 is 1.28 bits per heavy atom. The van der Waals surface area contributed by atoms with Crippen LogP contribution in [0.1, 0.15) is 29.7 Å². The van der Waals surface area contributed by atoms with E-state index in [1.165, 1.54) is 6.07 Å². The summed E-state index contributed by atoms with van der Waals surface area (Å²) in [6.07, 6.45) is -5.87. The largest absolute Gasteiger partial charge is 0.481 e. The molecule has 2 atom stereocenters. The zero-order valence-electron chi connectivity index (χ0n) is 16.2. The molecule has 5 nitrogen and oxygen atoms in total. The molecule has 2 N–H and O–H groups in total. The first-order chi connectivity index (χ1) is 13.7. The molecule has 156 valence electrons. The van der Waals surface area contributed by atoms with Gasteiger partial charge >= 0.3 is 6.18 Å². The van der Waals surface area contributed by atoms with Gasteiger partial charge in [0.15, 0.2) is 6.10 Å². The Morgan fingerprint density at radius 2 is 2.07 bits per heavy atom. The highest BCUT2D eigenvalue weighted by Crippen LogP contribution is 2.35. The van der Waals surface area contributed by atoms with E-state index in [1.54, 1.807) is 25.1 Å². The zero-order valence-corrected chi connectivity index (χ0v) is 16.2. The van der Waals surface area contributed by atoms with Gasteiger partial charge in [-0.1, -0.05) is 18.2 Å². The molecule has 1 aliphatic rings. The molecule has 0 radical (unpaired) electrons. The molecule has 0 aliphatic carbocycles. The van der Waals surface area contributed by atoms with Crippen molar-refractivity contribution in [2.24, 2.45) is 0 Å². The zero-order chi connectivity index (χ0) is 21.0. The molecule has 0 spiro atoms. The summed E-state index contributed by atoms with van der Waals surface area (Å²) in [6, 6.07) is 10.5. The van der Waals surface area contributed by atoms with Crippen LogP contribution in [0.2, 0.25) is 0 Å². The van der Waals surface area contributed by atoms with E-state index in [0.29, 0.717) is 31.0 Å². The van der Waals surface area contributed by atoms with Crippen molar-refractivity contribution in [1.29, 1.82) is 0 Å². The van der Waals surface area contributed by atoms with Crippen LogP contribution in [-0.4, -0.2) is 31.7 Å². The van der Waals surface area contributed by atoms with Gasteiger partial charge in [-0.15, -0.1) is 0 Å². The summed E-state index contributed by atoms with van der Waals surface area (Å²) < 4.78 is 50.8. The van der Waals surface area contributed by atoms with Crippen molar-refractivity contribution in [3.8, 4) is 5.75 Å². The second kappa shape index (κ2) is 8.84. The Balaban J connectivity index is 1.81. The maximum absolute atomic E-state index is 13.2. The second-order valence-electron chi connectivity index (χ2n) is 6.93. The van der Waals surface area contributed by atoms with Gasteiger partial charge in [0, 0.05) is 24.3 Å². The number of alkyl halides is 3. The first-order valence-electron chi connectivity index (χ1n) is 9.31. The number of aryl methyl sites for hydroxylation is 1. The maximum Gasteiger partial charge on any atom is 0.416 e. The molecule has 1 saturated heterocycles. The van der Waals surface area contributed by atoms with Gasteiger partial charge in [0.1, 0.15) is 5.75 Å². The lowest BCUT2D eigenvalue weighted by Gasteiger charge is -2.27. The fraction of sp³-hybridized carbons (Fsp3) is 0.381. The number of rotatable bonds is 5. The third kappa shape index (κ3) is 5.48. The number of carbonyl (C=O) groups excluding carboxylic acids is 1. The smallest absolute Gasteiger partial charge is 0.416 e. The third-order valence-electron chi connectivity index (χ3n) is 4.58. The van der Waals surface area contributed by atoms with Crippen molar-refractivity contribution in [1.82, 2.24) is 5.32 Å². The molecule has 8 heteroatoms. The van der Waals surface area contributed by atoms with Crippen LogP contribution < -0.4 is 15.4 Å². The highest BCUT2D eigenvalue weighted by molar-refractivity contribution is 5.95. The van der Waals surface area contributed by atoms with Gasteiger partial charge in [0.25, 0.3) is 5.91 Å². The van der Waals surface area contributed by atoms with Crippen molar-refractivity contribution in [3.05, 3.63) is 59.2 Å². The quantitative estimate of drug-likeness (QED) is 0.783. The molecular formula is C21H23F3N2O3. The Bertz CT molecular complexity index is 864. The average Bonchev–Trinajstić information content (AvgIpc) is 2.68. The Hall–Kier alpha value is -2.58. The van der Waals surface area contributed by atoms with E-state index in [0.717, 1.165) is 17.7 Å². The van der Waals surface area contributed by atoms with Crippen molar-refractivity contribution >= 4 is 11.6 Å². The van der Waals surface area contributed by atoms with Crippen LogP contribution in [0.5, 0.6) is 5.75 Å². The molecule has 1 aliphatic heterocycles. The molecule has 2 unspecified atom stereocenters. The summed E-state index contributed by atoms with van der Waals surface area (Å²) in [5.41, 5.74) is 0.685. The van der Waals surface area contributed by atoms with Gasteiger partial charge in [-0.3, -0.25) is 4.79 Å². The number of nitrogens with one attached hydrogen (secondary N) is 2. The van der Waals surface area contributed by atoms with Crippen LogP contribution in [-0.2, 0) is 15.7 Å². The van der Waals surface area contributed by atoms with Gasteiger partial charge < -0.3 is 20.1 Å². The fourth-order valence-electron chi connectivity index (χ4n) is 3.07. The number of anilines is 1. The normalized spacial score (nSPS) is 18.2. The number of hydrogen-bond donors (Lipinski definition) is 2. The molecule has 0 aromatic heterocycles. The van der Waals surface area contributed by atoms with Crippen molar-refractivity contribution < 1.29 is 27.4 Å². The van der Waals surface area contributed by atoms with Gasteiger partial charge in [-0.05, 0) is 43.7 Å². The maximum atomic E-state index is 13.2. The monoisotopic (exact) mass is 408 g/mol. The molecule has 29 heavy (non-hydrogen) atoms. The number of amides is 1. The van der Waals surface area contributed by atoms with E-state index in [4.69, 9.17) is 9.47 Å². The van der Waals surface area contributed by atoms with Crippen molar-refractivity contribution in [2.75, 3.05) is 25.0 Å². The molecule has 0 saturated carbocycles. The summed E-state index contributed by atoms with van der Waals surface area (Å²) in [5.74, 6) is -0.0346. The molecule has 2 aromatic carbocycles. The summed E-state index contributed by atoms with van der Waals surface area (Å²) >= 11 is 0. The summed E-state index contributed by atoms with van der Waals surface area (Å²) in [7, 11) is 0. The molecular weight excluding hydrogens is 385 g/mol. The van der Waals surface area contributed by atoms with E-state index in [-0.39, 0.29) is 5.69 Å². The topological polar surface area (TPSA) is 59.6 Å². The average molecular weight is 408 g/mol. The number of halogens is 3. The predicted octanol–water partition coefficient (Wildman–Crippen LogP) is 4.08. The predicted molar refractivity (Wildman–Crippen MR) is 103 cm³/mol. The minimum Gasteiger partial charge on any atom is -0.481 e. The van der Waals surface area contributed by atoms with Gasteiger partial charge in [-0.2, -0.15) is 13.2 Å². The van der Waals surface area contributed by atoms with E-state index in [9.17, 15) is 18.0 Å². The van der Waals surface area contributed by atoms with E-state index in [2.05, 4.69) is 10.6 Å². The molecule has 1 amide bonds. The summed E-state index contributed by atoms with van der Waals surface area (Å²) in [5, 5.41) is 5.72. The number of hydrogen-bond acceptors (Lipinski definition) is 4. The third-order valence-corrected chi connectivity index (χ3v) is 4.58. The van der Waals surface area contributed by atoms with Crippen LogP contribution in [0.25, 0.3) is 0 Å². The number of carbonyl (C=O) groups is 1. The molecule has 3 rings (SSSR count). The summed E-state index contributed by atoms with van der Waals surface area (Å²) in [4.78, 5) is 12.6. The molecule has 0 bridgehead atoms. The number of ether oxygens (including phenoxy) is 2. The lowest BCUT2D eigenvalue weighted by molar-refractivity contribution is -0.137. The van der Waals surface area contributed by atoms with Gasteiger partial charge in [-0.25, -0.2) is 0 Å². The molecule has 1 heterocycles. The van der Waals surface area contributed by atoms with E-state index in [1.807, 2.05) is 13.0 Å². The second-order valence-corrected chi connectivity index (χ2v) is 6.93.